The second-order valence-corrected chi connectivity index (χ2v) is 12.6. The predicted molar refractivity (Wildman–Crippen MR) is 175 cm³/mol. The summed E-state index contributed by atoms with van der Waals surface area (Å²) in [5.74, 6) is -0.270. The average Bonchev–Trinajstić information content (AvgIpc) is 3.08. The molecule has 12 atom stereocenters. The van der Waals surface area contributed by atoms with Crippen LogP contribution in [0.15, 0.2) is 24.3 Å². The van der Waals surface area contributed by atoms with Crippen LogP contribution in [0.25, 0.3) is 0 Å². The van der Waals surface area contributed by atoms with Crippen LogP contribution in [-0.4, -0.2) is 140 Å². The lowest BCUT2D eigenvalue weighted by molar-refractivity contribution is -0.359. The number of unbranched alkanes of at least 4 members (excludes halogenated alkanes) is 8. The molecule has 0 aromatic rings. The number of hydrogen-bond donors (Lipinski definition) is 9. The van der Waals surface area contributed by atoms with Gasteiger partial charge in [-0.15, -0.1) is 0 Å². The normalized spacial score (nSPS) is 32.5. The van der Waals surface area contributed by atoms with E-state index in [0.29, 0.717) is 12.8 Å². The van der Waals surface area contributed by atoms with Crippen molar-refractivity contribution in [1.82, 2.24) is 5.32 Å². The van der Waals surface area contributed by atoms with Crippen LogP contribution in [0, 0.1) is 0 Å². The number of aliphatic hydroxyl groups is 8. The topological polar surface area (TPSA) is 228 Å². The number of amides is 1. The second-order valence-electron chi connectivity index (χ2n) is 12.6. The van der Waals surface area contributed by atoms with E-state index in [2.05, 4.69) is 31.3 Å². The Morgan fingerprint density at radius 1 is 0.729 bits per heavy atom. The van der Waals surface area contributed by atoms with Crippen molar-refractivity contribution < 1.29 is 64.6 Å². The number of aliphatic hydroxyl groups excluding tert-OH is 8. The zero-order chi connectivity index (χ0) is 35.5. The number of ether oxygens (including phenoxy) is 4. The van der Waals surface area contributed by atoms with Crippen molar-refractivity contribution in [2.45, 2.75) is 164 Å². The minimum absolute atomic E-state index is 0.268. The van der Waals surface area contributed by atoms with Crippen LogP contribution in [0.1, 0.15) is 90.9 Å². The molecule has 280 valence electrons. The van der Waals surface area contributed by atoms with Crippen LogP contribution in [0.4, 0.5) is 0 Å². The summed E-state index contributed by atoms with van der Waals surface area (Å²) in [6, 6.07) is -0.919. The molecule has 2 heterocycles. The first kappa shape index (κ1) is 42.6. The van der Waals surface area contributed by atoms with Crippen molar-refractivity contribution >= 4 is 5.91 Å². The predicted octanol–water partition coefficient (Wildman–Crippen LogP) is 0.306. The summed E-state index contributed by atoms with van der Waals surface area (Å²) < 4.78 is 22.3. The Morgan fingerprint density at radius 3 is 2.02 bits per heavy atom. The van der Waals surface area contributed by atoms with E-state index in [4.69, 9.17) is 18.9 Å². The molecule has 0 aromatic carbocycles. The second kappa shape index (κ2) is 23.8. The summed E-state index contributed by atoms with van der Waals surface area (Å²) >= 11 is 0. The molecule has 48 heavy (non-hydrogen) atoms. The molecule has 0 aromatic heterocycles. The minimum Gasteiger partial charge on any atom is -0.394 e. The molecular formula is C34H61NO13. The van der Waals surface area contributed by atoms with E-state index < -0.39 is 86.8 Å². The minimum atomic E-state index is -1.78. The van der Waals surface area contributed by atoms with Gasteiger partial charge in [-0.05, 0) is 32.1 Å². The number of hydrogen-bond acceptors (Lipinski definition) is 13. The first-order chi connectivity index (χ1) is 23.1. The van der Waals surface area contributed by atoms with Crippen molar-refractivity contribution in [3.8, 4) is 0 Å². The lowest BCUT2D eigenvalue weighted by Gasteiger charge is -2.46. The summed E-state index contributed by atoms with van der Waals surface area (Å²) in [6.07, 6.45) is 1.77. The van der Waals surface area contributed by atoms with Crippen molar-refractivity contribution in [3.05, 3.63) is 24.3 Å². The number of allylic oxidation sites excluding steroid dienone is 3. The summed E-state index contributed by atoms with van der Waals surface area (Å²) in [5.41, 5.74) is 0. The van der Waals surface area contributed by atoms with Gasteiger partial charge in [0, 0.05) is 6.42 Å². The van der Waals surface area contributed by atoms with Crippen LogP contribution in [0.3, 0.4) is 0 Å². The Morgan fingerprint density at radius 2 is 1.33 bits per heavy atom. The maximum absolute atomic E-state index is 12.8. The maximum Gasteiger partial charge on any atom is 0.220 e. The first-order valence-electron chi connectivity index (χ1n) is 17.6. The lowest BCUT2D eigenvalue weighted by Crippen LogP contribution is -2.65. The van der Waals surface area contributed by atoms with Gasteiger partial charge in [0.05, 0.1) is 32.0 Å². The monoisotopic (exact) mass is 691 g/mol. The lowest BCUT2D eigenvalue weighted by atomic mass is 9.97. The molecule has 12 unspecified atom stereocenters. The molecule has 2 aliphatic heterocycles. The highest BCUT2D eigenvalue weighted by Crippen LogP contribution is 2.29. The Hall–Kier alpha value is -1.53. The molecule has 14 nitrogen and oxygen atoms in total. The van der Waals surface area contributed by atoms with Crippen molar-refractivity contribution in [2.24, 2.45) is 0 Å². The van der Waals surface area contributed by atoms with Gasteiger partial charge in [-0.2, -0.15) is 0 Å². The summed E-state index contributed by atoms with van der Waals surface area (Å²) in [5, 5.41) is 85.4. The van der Waals surface area contributed by atoms with Gasteiger partial charge in [-0.3, -0.25) is 4.79 Å². The molecule has 0 aliphatic carbocycles. The van der Waals surface area contributed by atoms with E-state index in [1.54, 1.807) is 6.08 Å². The molecule has 2 fully saturated rings. The third-order valence-corrected chi connectivity index (χ3v) is 8.64. The molecule has 1 amide bonds. The molecule has 0 spiro atoms. The highest BCUT2D eigenvalue weighted by Gasteiger charge is 2.50. The molecule has 2 rings (SSSR count). The molecule has 0 saturated carbocycles. The number of nitrogens with one attached hydrogen (secondary N) is 1. The van der Waals surface area contributed by atoms with Gasteiger partial charge in [-0.25, -0.2) is 0 Å². The number of rotatable bonds is 23. The Kier molecular flexibility index (Phi) is 21.1. The zero-order valence-corrected chi connectivity index (χ0v) is 28.5. The van der Waals surface area contributed by atoms with Crippen molar-refractivity contribution in [1.29, 1.82) is 0 Å². The standard InChI is InChI=1S/C34H61NO13/c1-3-5-7-9-10-11-12-14-15-17-23(38)22(35-26(39)18-16-13-8-6-4-2)21-45-33-31(44)29(42)32(25(20-37)47-33)48-34-30(43)28(41)27(40)24(19-36)46-34/h10-11,15,17,22-25,27-34,36-38,40-44H,3-9,12-14,16,18-21H2,1-2H3,(H,35,39)/b11-10+,17-15+. The van der Waals surface area contributed by atoms with E-state index in [9.17, 15) is 45.6 Å². The van der Waals surface area contributed by atoms with Gasteiger partial charge in [0.15, 0.2) is 12.6 Å². The van der Waals surface area contributed by atoms with E-state index in [0.717, 1.165) is 44.9 Å². The fraction of sp³-hybridized carbons (Fsp3) is 0.853. The third kappa shape index (κ3) is 14.0. The molecule has 0 radical (unpaired) electrons. The van der Waals surface area contributed by atoms with E-state index in [-0.39, 0.29) is 18.9 Å². The van der Waals surface area contributed by atoms with Crippen molar-refractivity contribution in [3.63, 3.8) is 0 Å². The highest BCUT2D eigenvalue weighted by molar-refractivity contribution is 5.76. The van der Waals surface area contributed by atoms with E-state index in [1.165, 1.54) is 12.8 Å². The fourth-order valence-electron chi connectivity index (χ4n) is 5.60. The highest BCUT2D eigenvalue weighted by atomic mass is 16.7. The van der Waals surface area contributed by atoms with Gasteiger partial charge in [-0.1, -0.05) is 76.7 Å². The molecule has 2 saturated heterocycles. The van der Waals surface area contributed by atoms with Gasteiger partial charge in [0.2, 0.25) is 5.91 Å². The van der Waals surface area contributed by atoms with Gasteiger partial charge < -0.3 is 65.1 Å². The van der Waals surface area contributed by atoms with Crippen LogP contribution in [0.5, 0.6) is 0 Å². The molecule has 9 N–H and O–H groups in total. The quantitative estimate of drug-likeness (QED) is 0.0520. The summed E-state index contributed by atoms with van der Waals surface area (Å²) in [7, 11) is 0. The van der Waals surface area contributed by atoms with Crippen LogP contribution in [0.2, 0.25) is 0 Å². The van der Waals surface area contributed by atoms with Crippen LogP contribution >= 0.6 is 0 Å². The fourth-order valence-corrected chi connectivity index (χ4v) is 5.60. The summed E-state index contributed by atoms with van der Waals surface area (Å²) in [6.45, 7) is 2.54. The van der Waals surface area contributed by atoms with Gasteiger partial charge in [0.1, 0.15) is 48.8 Å². The van der Waals surface area contributed by atoms with Gasteiger partial charge in [0.25, 0.3) is 0 Å². The Labute approximate surface area is 284 Å². The maximum atomic E-state index is 12.8. The van der Waals surface area contributed by atoms with Gasteiger partial charge >= 0.3 is 0 Å². The smallest absolute Gasteiger partial charge is 0.220 e. The zero-order valence-electron chi connectivity index (χ0n) is 28.5. The Balaban J connectivity index is 2.03. The molecular weight excluding hydrogens is 630 g/mol. The molecule has 14 heteroatoms. The van der Waals surface area contributed by atoms with E-state index >= 15 is 0 Å². The first-order valence-corrected chi connectivity index (χ1v) is 17.6. The number of carbonyl (C=O) groups is 1. The molecule has 2 aliphatic rings. The van der Waals surface area contributed by atoms with E-state index in [1.807, 2.05) is 6.08 Å². The Bertz CT molecular complexity index is 919. The number of carbonyl (C=O) groups excluding carboxylic acids is 1. The average molecular weight is 692 g/mol. The molecule has 0 bridgehead atoms. The summed E-state index contributed by atoms with van der Waals surface area (Å²) in [4.78, 5) is 12.8. The van der Waals surface area contributed by atoms with Crippen molar-refractivity contribution in [2.75, 3.05) is 19.8 Å². The van der Waals surface area contributed by atoms with Crippen LogP contribution < -0.4 is 5.32 Å². The third-order valence-electron chi connectivity index (χ3n) is 8.64. The largest absolute Gasteiger partial charge is 0.394 e. The van der Waals surface area contributed by atoms with Crippen LogP contribution in [-0.2, 0) is 23.7 Å². The SMILES string of the molecule is CCCCC/C=C/CC/C=C/C(O)C(COC1OC(CO)C(OC2OC(CO)C(O)C(O)C2O)C(O)C1O)NC(=O)CCCCCCC.